The summed E-state index contributed by atoms with van der Waals surface area (Å²) in [5.41, 5.74) is 3.09. The number of aromatic nitrogens is 3. The molecule has 5 atom stereocenters. The van der Waals surface area contributed by atoms with E-state index in [4.69, 9.17) is 0 Å². The van der Waals surface area contributed by atoms with Crippen molar-refractivity contribution in [3.8, 4) is 11.1 Å². The zero-order valence-corrected chi connectivity index (χ0v) is 17.9. The summed E-state index contributed by atoms with van der Waals surface area (Å²) in [6.07, 6.45) is 10.3. The van der Waals surface area contributed by atoms with E-state index >= 15 is 0 Å². The Morgan fingerprint density at radius 2 is 1.78 bits per heavy atom. The predicted molar refractivity (Wildman–Crippen MR) is 115 cm³/mol. The zero-order chi connectivity index (χ0) is 21.8. The number of rotatable bonds is 4. The monoisotopic (exact) mass is 433 g/mol. The molecule has 0 unspecified atom stereocenters. The number of carbonyl (C=O) groups excluding carboxylic acids is 3. The van der Waals surface area contributed by atoms with Crippen molar-refractivity contribution in [1.82, 2.24) is 25.0 Å². The van der Waals surface area contributed by atoms with Crippen molar-refractivity contribution in [2.75, 3.05) is 19.6 Å². The van der Waals surface area contributed by atoms with Crippen LogP contribution in [0.1, 0.15) is 43.7 Å². The number of carbonyl (C=O) groups is 3. The Morgan fingerprint density at radius 3 is 2.50 bits per heavy atom. The van der Waals surface area contributed by atoms with Crippen molar-refractivity contribution in [3.05, 3.63) is 36.4 Å². The van der Waals surface area contributed by atoms with Crippen LogP contribution in [0.3, 0.4) is 0 Å². The van der Waals surface area contributed by atoms with Crippen molar-refractivity contribution in [3.63, 3.8) is 0 Å². The molecule has 6 rings (SSSR count). The Morgan fingerprint density at radius 1 is 1.06 bits per heavy atom. The highest BCUT2D eigenvalue weighted by Gasteiger charge is 2.61. The normalized spacial score (nSPS) is 31.4. The number of nitrogens with one attached hydrogen (secondary N) is 1. The third-order valence-corrected chi connectivity index (χ3v) is 8.15. The third kappa shape index (κ3) is 2.99. The van der Waals surface area contributed by atoms with E-state index in [0.29, 0.717) is 24.9 Å². The van der Waals surface area contributed by atoms with E-state index in [1.54, 1.807) is 12.4 Å². The van der Waals surface area contributed by atoms with Crippen molar-refractivity contribution < 1.29 is 14.4 Å². The number of imide groups is 1. The molecule has 8 nitrogen and oxygen atoms in total. The lowest BCUT2D eigenvalue weighted by Crippen LogP contribution is -2.46. The summed E-state index contributed by atoms with van der Waals surface area (Å²) in [5, 5.41) is 7.39. The molecule has 32 heavy (non-hydrogen) atoms. The van der Waals surface area contributed by atoms with E-state index in [0.717, 1.165) is 48.9 Å². The van der Waals surface area contributed by atoms with E-state index in [2.05, 4.69) is 15.2 Å². The van der Waals surface area contributed by atoms with Crippen molar-refractivity contribution in [1.29, 1.82) is 0 Å². The molecule has 2 aliphatic heterocycles. The van der Waals surface area contributed by atoms with Crippen LogP contribution in [0, 0.1) is 23.7 Å². The number of fused-ring (bicyclic) bond motifs is 5. The highest BCUT2D eigenvalue weighted by atomic mass is 16.2. The van der Waals surface area contributed by atoms with Gasteiger partial charge in [-0.2, -0.15) is 5.10 Å². The van der Waals surface area contributed by atoms with Gasteiger partial charge in [0.05, 0.1) is 18.0 Å². The number of nitrogens with zero attached hydrogens (tertiary/aromatic N) is 4. The summed E-state index contributed by atoms with van der Waals surface area (Å²) >= 11 is 0. The van der Waals surface area contributed by atoms with Crippen LogP contribution < -0.4 is 0 Å². The minimum atomic E-state index is -0.170. The molecule has 4 heterocycles. The molecule has 2 bridgehead atoms. The summed E-state index contributed by atoms with van der Waals surface area (Å²) in [7, 11) is 0. The van der Waals surface area contributed by atoms with E-state index in [1.807, 2.05) is 23.2 Å². The molecular formula is C24H27N5O3. The number of hydrogen-bond donors (Lipinski definition) is 1. The molecule has 4 aliphatic rings. The Hall–Kier alpha value is -3.03. The fraction of sp³-hybridized carbons (Fsp3) is 0.542. The third-order valence-electron chi connectivity index (χ3n) is 8.15. The van der Waals surface area contributed by atoms with Crippen molar-refractivity contribution in [2.45, 2.75) is 38.0 Å². The van der Waals surface area contributed by atoms with E-state index in [-0.39, 0.29) is 42.0 Å². The molecule has 3 amide bonds. The lowest BCUT2D eigenvalue weighted by molar-refractivity contribution is -0.147. The van der Waals surface area contributed by atoms with Gasteiger partial charge in [0, 0.05) is 42.7 Å². The van der Waals surface area contributed by atoms with Crippen LogP contribution in [0.15, 0.2) is 30.7 Å². The van der Waals surface area contributed by atoms with Gasteiger partial charge in [-0.05, 0) is 61.6 Å². The second-order valence-electron chi connectivity index (χ2n) is 9.76. The summed E-state index contributed by atoms with van der Waals surface area (Å²) in [6, 6.07) is 3.91. The number of amides is 3. The van der Waals surface area contributed by atoms with Gasteiger partial charge in [-0.15, -0.1) is 0 Å². The van der Waals surface area contributed by atoms with Gasteiger partial charge in [0.15, 0.2) is 0 Å². The first-order chi connectivity index (χ1) is 15.6. The van der Waals surface area contributed by atoms with Crippen LogP contribution in [0.5, 0.6) is 0 Å². The van der Waals surface area contributed by atoms with Crippen LogP contribution in [0.4, 0.5) is 0 Å². The molecule has 166 valence electrons. The molecule has 0 radical (unpaired) electrons. The van der Waals surface area contributed by atoms with Gasteiger partial charge in [0.25, 0.3) is 0 Å². The predicted octanol–water partition coefficient (Wildman–Crippen LogP) is 2.21. The zero-order valence-electron chi connectivity index (χ0n) is 17.9. The molecule has 0 aromatic carbocycles. The molecule has 2 aliphatic carbocycles. The minimum absolute atomic E-state index is 0.109. The van der Waals surface area contributed by atoms with E-state index < -0.39 is 0 Å². The van der Waals surface area contributed by atoms with Gasteiger partial charge in [-0.1, -0.05) is 0 Å². The van der Waals surface area contributed by atoms with Gasteiger partial charge in [0.2, 0.25) is 17.7 Å². The smallest absolute Gasteiger partial charge is 0.242 e. The van der Waals surface area contributed by atoms with Gasteiger partial charge in [-0.3, -0.25) is 29.4 Å². The molecule has 2 aromatic rings. The lowest BCUT2D eigenvalue weighted by Gasteiger charge is -2.33. The summed E-state index contributed by atoms with van der Waals surface area (Å²) in [6.45, 7) is 1.10. The minimum Gasteiger partial charge on any atom is -0.340 e. The maximum absolute atomic E-state index is 13.2. The first-order valence-electron chi connectivity index (χ1n) is 11.7. The molecule has 8 heteroatoms. The van der Waals surface area contributed by atoms with Gasteiger partial charge in [-0.25, -0.2) is 0 Å². The first kappa shape index (κ1) is 19.6. The van der Waals surface area contributed by atoms with Crippen molar-refractivity contribution in [2.24, 2.45) is 23.7 Å². The Balaban J connectivity index is 1.16. The molecule has 2 saturated carbocycles. The number of likely N-dealkylation sites (tertiary alicyclic amines) is 2. The Labute approximate surface area is 186 Å². The SMILES string of the molecule is O=C(CN1C(=O)[C@@H]2[C@H]3CC[C@@H](C3)[C@H]2C1=O)N1CCC[C@H](c2[nH]ncc2-c2ccncc2)C1. The fourth-order valence-corrected chi connectivity index (χ4v) is 6.67. The molecule has 4 fully saturated rings. The second kappa shape index (κ2) is 7.53. The van der Waals surface area contributed by atoms with Crippen LogP contribution >= 0.6 is 0 Å². The van der Waals surface area contributed by atoms with Crippen LogP contribution in [0.2, 0.25) is 0 Å². The molecule has 0 spiro atoms. The Bertz CT molecular complexity index is 1040. The van der Waals surface area contributed by atoms with E-state index in [9.17, 15) is 14.4 Å². The quantitative estimate of drug-likeness (QED) is 0.746. The summed E-state index contributed by atoms with van der Waals surface area (Å²) in [4.78, 5) is 46.3. The summed E-state index contributed by atoms with van der Waals surface area (Å²) in [5.74, 6) is 0.130. The summed E-state index contributed by atoms with van der Waals surface area (Å²) < 4.78 is 0. The number of pyridine rings is 1. The Kier molecular flexibility index (Phi) is 4.62. The van der Waals surface area contributed by atoms with Crippen LogP contribution in [-0.2, 0) is 14.4 Å². The molecule has 2 saturated heterocycles. The van der Waals surface area contributed by atoms with E-state index in [1.165, 1.54) is 4.90 Å². The standard InChI is InChI=1S/C24H27N5O3/c30-19(13-29-23(31)20-15-3-4-16(10-15)21(20)24(29)32)28-9-1-2-17(12-28)22-18(11-26-27-22)14-5-7-25-8-6-14/h5-8,11,15-17,20-21H,1-4,9-10,12-13H2,(H,26,27)/t15-,16-,17-,20+,21+/m0/s1. The van der Waals surface area contributed by atoms with Crippen LogP contribution in [-0.4, -0.2) is 62.3 Å². The van der Waals surface area contributed by atoms with Gasteiger partial charge >= 0.3 is 0 Å². The topological polar surface area (TPSA) is 99.3 Å². The van der Waals surface area contributed by atoms with Crippen LogP contribution in [0.25, 0.3) is 11.1 Å². The second-order valence-corrected chi connectivity index (χ2v) is 9.76. The average Bonchev–Trinajstić information content (AvgIpc) is 3.61. The number of H-pyrrole nitrogens is 1. The largest absolute Gasteiger partial charge is 0.340 e. The highest BCUT2D eigenvalue weighted by molar-refractivity contribution is 6.08. The van der Waals surface area contributed by atoms with Gasteiger partial charge < -0.3 is 4.90 Å². The first-order valence-corrected chi connectivity index (χ1v) is 11.7. The average molecular weight is 434 g/mol. The maximum Gasteiger partial charge on any atom is 0.242 e. The molecular weight excluding hydrogens is 406 g/mol. The molecule has 1 N–H and O–H groups in total. The van der Waals surface area contributed by atoms with Crippen molar-refractivity contribution >= 4 is 17.7 Å². The highest BCUT2D eigenvalue weighted by Crippen LogP contribution is 2.56. The fourth-order valence-electron chi connectivity index (χ4n) is 6.67. The lowest BCUT2D eigenvalue weighted by atomic mass is 9.81. The number of piperidine rings is 1. The number of hydrogen-bond acceptors (Lipinski definition) is 5. The maximum atomic E-state index is 13.2. The molecule has 2 aromatic heterocycles. The van der Waals surface area contributed by atoms with Gasteiger partial charge in [0.1, 0.15) is 6.54 Å². The number of aromatic amines is 1.